The molecule has 0 aliphatic heterocycles. The van der Waals surface area contributed by atoms with Crippen molar-refractivity contribution in [3.8, 4) is 0 Å². The van der Waals surface area contributed by atoms with E-state index in [9.17, 15) is 0 Å². The third-order valence-electron chi connectivity index (χ3n) is 4.09. The molecule has 0 aliphatic carbocycles. The Morgan fingerprint density at radius 3 is 2.32 bits per heavy atom. The second-order valence-corrected chi connectivity index (χ2v) is 5.45. The molecule has 0 atom stereocenters. The average Bonchev–Trinajstić information content (AvgIpc) is 2.60. The summed E-state index contributed by atoms with van der Waals surface area (Å²) in [5, 5.41) is 4.87. The van der Waals surface area contributed by atoms with Crippen LogP contribution in [0, 0.1) is 0 Å². The molecule has 0 spiro atoms. The molecule has 1 aromatic heterocycles. The van der Waals surface area contributed by atoms with Gasteiger partial charge in [-0.05, 0) is 34.4 Å². The van der Waals surface area contributed by atoms with Crippen molar-refractivity contribution < 1.29 is 0 Å². The molecular weight excluding hydrogens is 268 g/mol. The topological polar surface area (TPSA) is 16.1 Å². The molecule has 0 fully saturated rings. The molecule has 0 amide bonds. The molecule has 1 heterocycles. The maximum atomic E-state index is 4.59. The van der Waals surface area contributed by atoms with E-state index >= 15 is 0 Å². The molecule has 0 unspecified atom stereocenters. The number of nitrogens with zero attached hydrogens (tertiary/aromatic N) is 2. The van der Waals surface area contributed by atoms with Gasteiger partial charge in [0.1, 0.15) is 5.82 Å². The first-order chi connectivity index (χ1) is 10.8. The number of benzene rings is 3. The summed E-state index contributed by atoms with van der Waals surface area (Å²) in [6, 6.07) is 25.3. The van der Waals surface area contributed by atoms with Crippen molar-refractivity contribution in [2.24, 2.45) is 0 Å². The Labute approximate surface area is 129 Å². The van der Waals surface area contributed by atoms with Crippen LogP contribution in [0.5, 0.6) is 0 Å². The van der Waals surface area contributed by atoms with E-state index in [0.717, 1.165) is 11.5 Å². The predicted molar refractivity (Wildman–Crippen MR) is 93.8 cm³/mol. The van der Waals surface area contributed by atoms with Crippen LogP contribution in [0.25, 0.3) is 21.5 Å². The molecule has 4 aromatic rings. The smallest absolute Gasteiger partial charge is 0.140 e. The molecule has 3 aromatic carbocycles. The zero-order valence-electron chi connectivity index (χ0n) is 12.4. The molecule has 0 radical (unpaired) electrons. The van der Waals surface area contributed by atoms with Gasteiger partial charge >= 0.3 is 0 Å². The quantitative estimate of drug-likeness (QED) is 0.505. The summed E-state index contributed by atoms with van der Waals surface area (Å²) in [4.78, 5) is 6.74. The largest absolute Gasteiger partial charge is 0.329 e. The van der Waals surface area contributed by atoms with Crippen LogP contribution in [0.1, 0.15) is 0 Å². The molecule has 0 saturated heterocycles. The van der Waals surface area contributed by atoms with Gasteiger partial charge in [-0.3, -0.25) is 0 Å². The van der Waals surface area contributed by atoms with Crippen LogP contribution in [-0.4, -0.2) is 12.0 Å². The van der Waals surface area contributed by atoms with Crippen LogP contribution >= 0.6 is 0 Å². The maximum Gasteiger partial charge on any atom is 0.140 e. The van der Waals surface area contributed by atoms with Crippen LogP contribution in [0.3, 0.4) is 0 Å². The second kappa shape index (κ2) is 5.15. The molecule has 0 saturated carbocycles. The van der Waals surface area contributed by atoms with E-state index in [1.807, 2.05) is 12.3 Å². The number of rotatable bonds is 2. The summed E-state index contributed by atoms with van der Waals surface area (Å²) in [7, 11) is 2.07. The van der Waals surface area contributed by atoms with Gasteiger partial charge < -0.3 is 4.90 Å². The Hall–Kier alpha value is -2.87. The van der Waals surface area contributed by atoms with Crippen LogP contribution in [0.2, 0.25) is 0 Å². The zero-order chi connectivity index (χ0) is 14.9. The summed E-state index contributed by atoms with van der Waals surface area (Å²) in [5.41, 5.74) is 1.14. The van der Waals surface area contributed by atoms with Gasteiger partial charge in [-0.2, -0.15) is 0 Å². The van der Waals surface area contributed by atoms with Crippen molar-refractivity contribution in [1.29, 1.82) is 0 Å². The Morgan fingerprint density at radius 2 is 1.45 bits per heavy atom. The Bertz CT molecular complexity index is 954. The third-order valence-corrected chi connectivity index (χ3v) is 4.09. The average molecular weight is 284 g/mol. The number of anilines is 2. The Balaban J connectivity index is 1.86. The monoisotopic (exact) mass is 284 g/mol. The van der Waals surface area contributed by atoms with Crippen molar-refractivity contribution in [1.82, 2.24) is 4.98 Å². The van der Waals surface area contributed by atoms with Crippen LogP contribution < -0.4 is 4.90 Å². The van der Waals surface area contributed by atoms with Crippen molar-refractivity contribution in [2.75, 3.05) is 11.9 Å². The third kappa shape index (κ3) is 2.09. The second-order valence-electron chi connectivity index (χ2n) is 5.45. The van der Waals surface area contributed by atoms with Crippen LogP contribution in [-0.2, 0) is 0 Å². The molecule has 2 heteroatoms. The highest BCUT2D eigenvalue weighted by molar-refractivity contribution is 5.95. The predicted octanol–water partition coefficient (Wildman–Crippen LogP) is 5.16. The van der Waals surface area contributed by atoms with Gasteiger partial charge in [0.25, 0.3) is 0 Å². The van der Waals surface area contributed by atoms with Crippen LogP contribution in [0.4, 0.5) is 11.5 Å². The summed E-state index contributed by atoms with van der Waals surface area (Å²) in [5.74, 6) is 0.980. The number of hydrogen-bond donors (Lipinski definition) is 0. The van der Waals surface area contributed by atoms with E-state index in [1.54, 1.807) is 0 Å². The van der Waals surface area contributed by atoms with Crippen LogP contribution in [0.15, 0.2) is 79.0 Å². The fourth-order valence-electron chi connectivity index (χ4n) is 2.88. The maximum absolute atomic E-state index is 4.59. The molecule has 106 valence electrons. The van der Waals surface area contributed by atoms with Crippen molar-refractivity contribution in [2.45, 2.75) is 0 Å². The SMILES string of the molecule is CN(c1ccc2ccccc2c1)c1nccc2ccccc12. The summed E-state index contributed by atoms with van der Waals surface area (Å²) < 4.78 is 0. The lowest BCUT2D eigenvalue weighted by Crippen LogP contribution is -2.11. The van der Waals surface area contributed by atoms with E-state index in [2.05, 4.69) is 83.7 Å². The number of aromatic nitrogens is 1. The highest BCUT2D eigenvalue weighted by Gasteiger charge is 2.09. The lowest BCUT2D eigenvalue weighted by Gasteiger charge is -2.20. The van der Waals surface area contributed by atoms with Crippen molar-refractivity contribution >= 4 is 33.1 Å². The van der Waals surface area contributed by atoms with Gasteiger partial charge in [-0.25, -0.2) is 4.98 Å². The fourth-order valence-corrected chi connectivity index (χ4v) is 2.88. The van der Waals surface area contributed by atoms with Crippen molar-refractivity contribution in [3.63, 3.8) is 0 Å². The number of fused-ring (bicyclic) bond motifs is 2. The first-order valence-electron chi connectivity index (χ1n) is 7.39. The molecular formula is C20H16N2. The number of hydrogen-bond acceptors (Lipinski definition) is 2. The molecule has 4 rings (SSSR count). The molecule has 0 aliphatic rings. The van der Waals surface area contributed by atoms with E-state index in [0.29, 0.717) is 0 Å². The summed E-state index contributed by atoms with van der Waals surface area (Å²) in [6.45, 7) is 0. The molecule has 2 nitrogen and oxygen atoms in total. The molecule has 0 N–H and O–H groups in total. The lowest BCUT2D eigenvalue weighted by atomic mass is 10.1. The summed E-state index contributed by atoms with van der Waals surface area (Å²) in [6.07, 6.45) is 1.87. The zero-order valence-corrected chi connectivity index (χ0v) is 12.4. The lowest BCUT2D eigenvalue weighted by molar-refractivity contribution is 1.15. The van der Waals surface area contributed by atoms with Gasteiger partial charge in [-0.1, -0.05) is 54.6 Å². The molecule has 0 bridgehead atoms. The first-order valence-corrected chi connectivity index (χ1v) is 7.39. The van der Waals surface area contributed by atoms with E-state index in [1.165, 1.54) is 21.5 Å². The van der Waals surface area contributed by atoms with E-state index in [-0.39, 0.29) is 0 Å². The van der Waals surface area contributed by atoms with Gasteiger partial charge in [0.15, 0.2) is 0 Å². The first kappa shape index (κ1) is 12.8. The molecule has 22 heavy (non-hydrogen) atoms. The standard InChI is InChI=1S/C20H16N2/c1-22(18-11-10-15-6-2-3-8-17(15)14-18)20-19-9-5-4-7-16(19)12-13-21-20/h2-14H,1H3. The van der Waals surface area contributed by atoms with Gasteiger partial charge in [0, 0.05) is 24.3 Å². The van der Waals surface area contributed by atoms with Gasteiger partial charge in [0.2, 0.25) is 0 Å². The Morgan fingerprint density at radius 1 is 0.727 bits per heavy atom. The summed E-state index contributed by atoms with van der Waals surface area (Å²) >= 11 is 0. The van der Waals surface area contributed by atoms with E-state index < -0.39 is 0 Å². The van der Waals surface area contributed by atoms with Crippen molar-refractivity contribution in [3.05, 3.63) is 79.0 Å². The highest BCUT2D eigenvalue weighted by atomic mass is 15.2. The minimum absolute atomic E-state index is 0.980. The Kier molecular flexibility index (Phi) is 3.01. The van der Waals surface area contributed by atoms with E-state index in [4.69, 9.17) is 0 Å². The van der Waals surface area contributed by atoms with Gasteiger partial charge in [0.05, 0.1) is 0 Å². The highest BCUT2D eigenvalue weighted by Crippen LogP contribution is 2.30. The number of pyridine rings is 1. The normalized spacial score (nSPS) is 11.0. The fraction of sp³-hybridized carbons (Fsp3) is 0.0500. The minimum atomic E-state index is 0.980. The van der Waals surface area contributed by atoms with Gasteiger partial charge in [-0.15, -0.1) is 0 Å². The minimum Gasteiger partial charge on any atom is -0.329 e.